The first-order chi connectivity index (χ1) is 12.3. The normalized spacial score (nSPS) is 13.0. The summed E-state index contributed by atoms with van der Waals surface area (Å²) in [4.78, 5) is 24.5. The van der Waals surface area contributed by atoms with Crippen LogP contribution < -0.4 is 20.1 Å². The molecule has 1 aliphatic rings. The van der Waals surface area contributed by atoms with Gasteiger partial charge in [0.15, 0.2) is 11.5 Å². The smallest absolute Gasteiger partial charge is 0.255 e. The molecule has 1 aliphatic heterocycles. The van der Waals surface area contributed by atoms with Gasteiger partial charge < -0.3 is 20.1 Å². The molecule has 2 aromatic rings. The molecule has 0 atom stereocenters. The lowest BCUT2D eigenvalue weighted by atomic mass is 10.1. The number of benzene rings is 2. The molecule has 3 rings (SSSR count). The van der Waals surface area contributed by atoms with E-state index in [-0.39, 0.29) is 17.4 Å². The number of amides is 2. The van der Waals surface area contributed by atoms with E-state index in [0.29, 0.717) is 41.5 Å². The Morgan fingerprint density at radius 1 is 0.846 bits per heavy atom. The molecule has 0 saturated heterocycles. The van der Waals surface area contributed by atoms with Gasteiger partial charge in [0.25, 0.3) is 11.8 Å². The van der Waals surface area contributed by atoms with Crippen molar-refractivity contribution in [1.29, 1.82) is 0 Å². The van der Waals surface area contributed by atoms with Crippen molar-refractivity contribution >= 4 is 17.5 Å². The lowest BCUT2D eigenvalue weighted by Gasteiger charge is -2.20. The predicted molar refractivity (Wildman–Crippen MR) is 99.0 cm³/mol. The van der Waals surface area contributed by atoms with E-state index in [0.717, 1.165) is 0 Å². The van der Waals surface area contributed by atoms with Crippen LogP contribution in [-0.4, -0.2) is 30.6 Å². The number of hydrogen-bond acceptors (Lipinski definition) is 4. The Hall–Kier alpha value is -3.02. The third kappa shape index (κ3) is 4.33. The molecule has 0 aliphatic carbocycles. The summed E-state index contributed by atoms with van der Waals surface area (Å²) in [6.45, 7) is 6.76. The third-order valence-electron chi connectivity index (χ3n) is 3.70. The van der Waals surface area contributed by atoms with E-state index in [1.54, 1.807) is 42.5 Å². The highest BCUT2D eigenvalue weighted by Gasteiger charge is 2.16. The van der Waals surface area contributed by atoms with Crippen molar-refractivity contribution in [2.45, 2.75) is 26.3 Å². The molecule has 0 spiro atoms. The summed E-state index contributed by atoms with van der Waals surface area (Å²) in [5.41, 5.74) is 1.28. The zero-order valence-corrected chi connectivity index (χ0v) is 15.1. The number of rotatable bonds is 3. The molecule has 2 N–H and O–H groups in total. The Labute approximate surface area is 152 Å². The third-order valence-corrected chi connectivity index (χ3v) is 3.70. The molecule has 136 valence electrons. The molecular formula is C20H22N2O4. The van der Waals surface area contributed by atoms with Crippen LogP contribution in [0.15, 0.2) is 42.5 Å². The van der Waals surface area contributed by atoms with Crippen molar-refractivity contribution < 1.29 is 19.1 Å². The van der Waals surface area contributed by atoms with Crippen LogP contribution in [0.5, 0.6) is 11.5 Å². The molecule has 0 bridgehead atoms. The lowest BCUT2D eigenvalue weighted by Crippen LogP contribution is -2.40. The van der Waals surface area contributed by atoms with E-state index in [9.17, 15) is 9.59 Å². The van der Waals surface area contributed by atoms with Gasteiger partial charge in [0, 0.05) is 28.4 Å². The number of carbonyl (C=O) groups excluding carboxylic acids is 2. The molecular weight excluding hydrogens is 332 g/mol. The summed E-state index contributed by atoms with van der Waals surface area (Å²) in [6, 6.07) is 11.8. The molecule has 0 aromatic heterocycles. The zero-order chi connectivity index (χ0) is 18.7. The van der Waals surface area contributed by atoms with Crippen LogP contribution in [0.25, 0.3) is 0 Å². The first-order valence-electron chi connectivity index (χ1n) is 8.45. The van der Waals surface area contributed by atoms with Gasteiger partial charge in [-0.1, -0.05) is 0 Å². The molecule has 2 amide bonds. The quantitative estimate of drug-likeness (QED) is 0.887. The predicted octanol–water partition coefficient (Wildman–Crippen LogP) is 3.24. The van der Waals surface area contributed by atoms with E-state index in [2.05, 4.69) is 10.6 Å². The van der Waals surface area contributed by atoms with Crippen molar-refractivity contribution in [2.75, 3.05) is 18.5 Å². The molecule has 0 radical (unpaired) electrons. The molecule has 2 aromatic carbocycles. The van der Waals surface area contributed by atoms with Gasteiger partial charge in [0.1, 0.15) is 13.2 Å². The topological polar surface area (TPSA) is 76.7 Å². The van der Waals surface area contributed by atoms with E-state index in [1.165, 1.54) is 0 Å². The Kier molecular flexibility index (Phi) is 4.84. The van der Waals surface area contributed by atoms with E-state index in [1.807, 2.05) is 20.8 Å². The summed E-state index contributed by atoms with van der Waals surface area (Å²) >= 11 is 0. The fourth-order valence-corrected chi connectivity index (χ4v) is 2.51. The minimum absolute atomic E-state index is 0.170. The standard InChI is InChI=1S/C20H22N2O4/c1-20(2,3)22-19(24)14-6-4-13(5-7-14)18(23)21-15-8-9-16-17(12-15)26-11-10-25-16/h4-9,12H,10-11H2,1-3H3,(H,21,23)(H,22,24). The second-order valence-electron chi connectivity index (χ2n) is 7.09. The van der Waals surface area contributed by atoms with Crippen molar-refractivity contribution in [1.82, 2.24) is 5.32 Å². The fraction of sp³-hybridized carbons (Fsp3) is 0.300. The summed E-state index contributed by atoms with van der Waals surface area (Å²) in [7, 11) is 0. The Morgan fingerprint density at radius 2 is 1.42 bits per heavy atom. The van der Waals surface area contributed by atoms with E-state index >= 15 is 0 Å². The van der Waals surface area contributed by atoms with Gasteiger partial charge in [0.05, 0.1) is 0 Å². The number of ether oxygens (including phenoxy) is 2. The maximum atomic E-state index is 12.4. The average Bonchev–Trinajstić information content (AvgIpc) is 2.60. The van der Waals surface area contributed by atoms with Crippen LogP contribution >= 0.6 is 0 Å². The summed E-state index contributed by atoms with van der Waals surface area (Å²) in [6.07, 6.45) is 0. The minimum Gasteiger partial charge on any atom is -0.486 e. The van der Waals surface area contributed by atoms with E-state index in [4.69, 9.17) is 9.47 Å². The Morgan fingerprint density at radius 3 is 2.04 bits per heavy atom. The van der Waals surface area contributed by atoms with Gasteiger partial charge in [0.2, 0.25) is 0 Å². The van der Waals surface area contributed by atoms with Crippen LogP contribution in [-0.2, 0) is 0 Å². The van der Waals surface area contributed by atoms with Crippen molar-refractivity contribution in [3.8, 4) is 11.5 Å². The molecule has 0 saturated carbocycles. The Balaban J connectivity index is 1.67. The SMILES string of the molecule is CC(C)(C)NC(=O)c1ccc(C(=O)Nc2ccc3c(c2)OCCO3)cc1. The second-order valence-corrected chi connectivity index (χ2v) is 7.09. The second kappa shape index (κ2) is 7.07. The lowest BCUT2D eigenvalue weighted by molar-refractivity contribution is 0.0918. The first kappa shape index (κ1) is 17.8. The minimum atomic E-state index is -0.314. The van der Waals surface area contributed by atoms with Crippen molar-refractivity contribution in [2.24, 2.45) is 0 Å². The number of nitrogens with one attached hydrogen (secondary N) is 2. The number of hydrogen-bond donors (Lipinski definition) is 2. The molecule has 1 heterocycles. The highest BCUT2D eigenvalue weighted by Crippen LogP contribution is 2.32. The zero-order valence-electron chi connectivity index (χ0n) is 15.1. The monoisotopic (exact) mass is 354 g/mol. The maximum absolute atomic E-state index is 12.4. The molecule has 6 heteroatoms. The number of anilines is 1. The van der Waals surface area contributed by atoms with Gasteiger partial charge in [-0.25, -0.2) is 0 Å². The van der Waals surface area contributed by atoms with Crippen LogP contribution in [0.2, 0.25) is 0 Å². The molecule has 6 nitrogen and oxygen atoms in total. The summed E-state index contributed by atoms with van der Waals surface area (Å²) in [5.74, 6) is 0.854. The average molecular weight is 354 g/mol. The van der Waals surface area contributed by atoms with Gasteiger partial charge in [-0.15, -0.1) is 0 Å². The number of carbonyl (C=O) groups is 2. The van der Waals surface area contributed by atoms with Gasteiger partial charge in [-0.2, -0.15) is 0 Å². The van der Waals surface area contributed by atoms with Gasteiger partial charge in [-0.05, 0) is 57.2 Å². The van der Waals surface area contributed by atoms with E-state index < -0.39 is 0 Å². The van der Waals surface area contributed by atoms with Crippen molar-refractivity contribution in [3.05, 3.63) is 53.6 Å². The first-order valence-corrected chi connectivity index (χ1v) is 8.45. The Bertz CT molecular complexity index is 823. The largest absolute Gasteiger partial charge is 0.486 e. The molecule has 0 unspecified atom stereocenters. The highest BCUT2D eigenvalue weighted by molar-refractivity contribution is 6.05. The van der Waals surface area contributed by atoms with Crippen LogP contribution in [0.4, 0.5) is 5.69 Å². The van der Waals surface area contributed by atoms with Gasteiger partial charge >= 0.3 is 0 Å². The number of fused-ring (bicyclic) bond motifs is 1. The summed E-state index contributed by atoms with van der Waals surface area (Å²) in [5, 5.41) is 5.71. The van der Waals surface area contributed by atoms with Gasteiger partial charge in [-0.3, -0.25) is 9.59 Å². The summed E-state index contributed by atoms with van der Waals surface area (Å²) < 4.78 is 11.0. The fourth-order valence-electron chi connectivity index (χ4n) is 2.51. The van der Waals surface area contributed by atoms with Crippen LogP contribution in [0.1, 0.15) is 41.5 Å². The molecule has 26 heavy (non-hydrogen) atoms. The van der Waals surface area contributed by atoms with Crippen molar-refractivity contribution in [3.63, 3.8) is 0 Å². The highest BCUT2D eigenvalue weighted by atomic mass is 16.6. The van der Waals surface area contributed by atoms with Crippen LogP contribution in [0, 0.1) is 0 Å². The van der Waals surface area contributed by atoms with Crippen LogP contribution in [0.3, 0.4) is 0 Å². The maximum Gasteiger partial charge on any atom is 0.255 e. The molecule has 0 fully saturated rings.